The summed E-state index contributed by atoms with van der Waals surface area (Å²) >= 11 is 0. The predicted molar refractivity (Wildman–Crippen MR) is 109 cm³/mol. The highest BCUT2D eigenvalue weighted by Gasteiger charge is 2.16. The van der Waals surface area contributed by atoms with Gasteiger partial charge in [-0.25, -0.2) is 4.39 Å². The summed E-state index contributed by atoms with van der Waals surface area (Å²) in [6, 6.07) is 22.1. The largest absolute Gasteiger partial charge is 0.457 e. The van der Waals surface area contributed by atoms with Crippen LogP contribution in [0.1, 0.15) is 31.0 Å². The third-order valence-electron chi connectivity index (χ3n) is 3.88. The molecule has 146 valence electrons. The number of carbonyl (C=O) groups is 1. The van der Waals surface area contributed by atoms with Gasteiger partial charge >= 0.3 is 0 Å². The fourth-order valence-corrected chi connectivity index (χ4v) is 2.59. The van der Waals surface area contributed by atoms with Crippen molar-refractivity contribution in [3.8, 4) is 11.5 Å². The summed E-state index contributed by atoms with van der Waals surface area (Å²) < 4.78 is 18.8. The number of benzene rings is 3. The summed E-state index contributed by atoms with van der Waals surface area (Å²) in [6.45, 7) is 4.47. The van der Waals surface area contributed by atoms with Crippen molar-refractivity contribution in [1.82, 2.24) is 5.32 Å². The van der Waals surface area contributed by atoms with Crippen LogP contribution in [0.2, 0.25) is 0 Å². The van der Waals surface area contributed by atoms with Gasteiger partial charge in [0.25, 0.3) is 0 Å². The van der Waals surface area contributed by atoms with E-state index in [0.29, 0.717) is 18.0 Å². The predicted octanol–water partition coefficient (Wildman–Crippen LogP) is 4.96. The van der Waals surface area contributed by atoms with Crippen molar-refractivity contribution >= 4 is 5.91 Å². The molecule has 0 spiro atoms. The minimum absolute atomic E-state index is 0.346. The van der Waals surface area contributed by atoms with Crippen LogP contribution in [-0.4, -0.2) is 5.91 Å². The molecule has 3 aromatic carbocycles. The molecular weight excluding hydrogens is 355 g/mol. The van der Waals surface area contributed by atoms with E-state index in [-0.39, 0.29) is 5.82 Å². The molecule has 0 aliphatic carbocycles. The second kappa shape index (κ2) is 10.8. The number of primary amides is 1. The van der Waals surface area contributed by atoms with Crippen molar-refractivity contribution < 1.29 is 13.9 Å². The maximum absolute atomic E-state index is 13.2. The molecular formula is C23H25FN2O2. The van der Waals surface area contributed by atoms with Gasteiger partial charge in [0.15, 0.2) is 0 Å². The van der Waals surface area contributed by atoms with Gasteiger partial charge in [-0.2, -0.15) is 0 Å². The van der Waals surface area contributed by atoms with E-state index in [0.717, 1.165) is 11.1 Å². The number of nitrogens with two attached hydrogens (primary N) is 1. The van der Waals surface area contributed by atoms with E-state index < -0.39 is 11.9 Å². The van der Waals surface area contributed by atoms with Crippen molar-refractivity contribution in [2.75, 3.05) is 0 Å². The molecule has 28 heavy (non-hydrogen) atoms. The molecule has 0 bridgehead atoms. The topological polar surface area (TPSA) is 64.4 Å². The van der Waals surface area contributed by atoms with Gasteiger partial charge < -0.3 is 10.5 Å². The van der Waals surface area contributed by atoms with E-state index in [1.54, 1.807) is 24.3 Å². The van der Waals surface area contributed by atoms with Crippen LogP contribution in [0.25, 0.3) is 0 Å². The number of nitrogens with one attached hydrogen (secondary N) is 1. The maximum atomic E-state index is 13.2. The molecule has 0 radical (unpaired) electrons. The van der Waals surface area contributed by atoms with E-state index in [4.69, 9.17) is 10.5 Å². The summed E-state index contributed by atoms with van der Waals surface area (Å²) in [6.07, 6.45) is 0. The number of hydrogen-bond acceptors (Lipinski definition) is 3. The Kier molecular flexibility index (Phi) is 8.18. The summed E-state index contributed by atoms with van der Waals surface area (Å²) in [5, 5.41) is 3.16. The first-order valence-electron chi connectivity index (χ1n) is 9.22. The highest BCUT2D eigenvalue weighted by Crippen LogP contribution is 2.22. The minimum atomic E-state index is -0.556. The molecule has 1 unspecified atom stereocenters. The molecule has 0 aliphatic rings. The molecule has 0 aromatic heterocycles. The summed E-state index contributed by atoms with van der Waals surface area (Å²) in [5.41, 5.74) is 7.30. The van der Waals surface area contributed by atoms with Gasteiger partial charge in [0.2, 0.25) is 5.91 Å². The molecule has 0 heterocycles. The molecule has 3 aromatic rings. The van der Waals surface area contributed by atoms with E-state index in [1.165, 1.54) is 12.1 Å². The fourth-order valence-electron chi connectivity index (χ4n) is 2.59. The quantitative estimate of drug-likeness (QED) is 0.609. The SMILES string of the molecule is CC.NC(=O)C(NCc1ccc(Oc2cccc(F)c2)cc1)c1ccccc1. The van der Waals surface area contributed by atoms with E-state index in [2.05, 4.69) is 5.32 Å². The Hall–Kier alpha value is -3.18. The smallest absolute Gasteiger partial charge is 0.239 e. The van der Waals surface area contributed by atoms with Crippen LogP contribution in [0.4, 0.5) is 4.39 Å². The Morgan fingerprint density at radius 2 is 1.64 bits per heavy atom. The standard InChI is InChI=1S/C21H19FN2O2.C2H6/c22-17-7-4-8-19(13-17)26-18-11-9-15(10-12-18)14-24-20(21(23)25)16-5-2-1-3-6-16;1-2/h1-13,20,24H,14H2,(H2,23,25);1-2H3. The number of carbonyl (C=O) groups excluding carboxylic acids is 1. The van der Waals surface area contributed by atoms with Gasteiger partial charge in [0.1, 0.15) is 23.4 Å². The molecule has 3 rings (SSSR count). The van der Waals surface area contributed by atoms with Gasteiger partial charge in [-0.1, -0.05) is 62.4 Å². The molecule has 4 nitrogen and oxygen atoms in total. The number of ether oxygens (including phenoxy) is 1. The monoisotopic (exact) mass is 380 g/mol. The normalized spacial score (nSPS) is 11.1. The second-order valence-electron chi connectivity index (χ2n) is 5.83. The van der Waals surface area contributed by atoms with Gasteiger partial charge in [-0.15, -0.1) is 0 Å². The molecule has 0 saturated heterocycles. The van der Waals surface area contributed by atoms with Crippen LogP contribution in [0.15, 0.2) is 78.9 Å². The average Bonchev–Trinajstić information content (AvgIpc) is 2.71. The molecule has 0 aliphatic heterocycles. The molecule has 0 saturated carbocycles. The van der Waals surface area contributed by atoms with Gasteiger partial charge in [-0.3, -0.25) is 10.1 Å². The first-order chi connectivity index (χ1) is 13.6. The van der Waals surface area contributed by atoms with Crippen LogP contribution in [-0.2, 0) is 11.3 Å². The zero-order valence-electron chi connectivity index (χ0n) is 16.1. The van der Waals surface area contributed by atoms with Crippen molar-refractivity contribution in [2.45, 2.75) is 26.4 Å². The lowest BCUT2D eigenvalue weighted by molar-refractivity contribution is -0.120. The number of amides is 1. The van der Waals surface area contributed by atoms with E-state index >= 15 is 0 Å². The van der Waals surface area contributed by atoms with Crippen molar-refractivity contribution in [3.05, 3.63) is 95.8 Å². The Labute approximate surface area is 165 Å². The van der Waals surface area contributed by atoms with E-state index in [9.17, 15) is 9.18 Å². The van der Waals surface area contributed by atoms with Crippen molar-refractivity contribution in [1.29, 1.82) is 0 Å². The first kappa shape index (κ1) is 21.1. The Bertz CT molecular complexity index is 867. The third kappa shape index (κ3) is 6.21. The highest BCUT2D eigenvalue weighted by atomic mass is 19.1. The summed E-state index contributed by atoms with van der Waals surface area (Å²) in [7, 11) is 0. The average molecular weight is 380 g/mol. The zero-order chi connectivity index (χ0) is 20.4. The Morgan fingerprint density at radius 3 is 2.25 bits per heavy atom. The first-order valence-corrected chi connectivity index (χ1v) is 9.22. The number of halogens is 1. The highest BCUT2D eigenvalue weighted by molar-refractivity contribution is 5.81. The van der Waals surface area contributed by atoms with E-state index in [1.807, 2.05) is 56.3 Å². The molecule has 3 N–H and O–H groups in total. The number of hydrogen-bond donors (Lipinski definition) is 2. The van der Waals surface area contributed by atoms with Gasteiger partial charge in [0, 0.05) is 12.6 Å². The van der Waals surface area contributed by atoms with Gasteiger partial charge in [-0.05, 0) is 35.4 Å². The fraction of sp³-hybridized carbons (Fsp3) is 0.174. The summed E-state index contributed by atoms with van der Waals surface area (Å²) in [4.78, 5) is 11.7. The van der Waals surface area contributed by atoms with Crippen LogP contribution in [0.3, 0.4) is 0 Å². The second-order valence-corrected chi connectivity index (χ2v) is 5.83. The molecule has 0 fully saturated rings. The van der Waals surface area contributed by atoms with Gasteiger partial charge in [0.05, 0.1) is 0 Å². The molecule has 5 heteroatoms. The molecule has 1 atom stereocenters. The van der Waals surface area contributed by atoms with Crippen molar-refractivity contribution in [3.63, 3.8) is 0 Å². The van der Waals surface area contributed by atoms with Crippen LogP contribution in [0, 0.1) is 5.82 Å². The number of rotatable bonds is 7. The Balaban J connectivity index is 0.00000136. The maximum Gasteiger partial charge on any atom is 0.239 e. The lowest BCUT2D eigenvalue weighted by Crippen LogP contribution is -2.33. The third-order valence-corrected chi connectivity index (χ3v) is 3.88. The van der Waals surface area contributed by atoms with Crippen LogP contribution >= 0.6 is 0 Å². The summed E-state index contributed by atoms with van der Waals surface area (Å²) in [5.74, 6) is 0.270. The Morgan fingerprint density at radius 1 is 0.964 bits per heavy atom. The van der Waals surface area contributed by atoms with Crippen LogP contribution in [0.5, 0.6) is 11.5 Å². The zero-order valence-corrected chi connectivity index (χ0v) is 16.1. The van der Waals surface area contributed by atoms with Crippen molar-refractivity contribution in [2.24, 2.45) is 5.73 Å². The lowest BCUT2D eigenvalue weighted by atomic mass is 10.1. The minimum Gasteiger partial charge on any atom is -0.457 e. The van der Waals surface area contributed by atoms with Crippen LogP contribution < -0.4 is 15.8 Å². The lowest BCUT2D eigenvalue weighted by Gasteiger charge is -2.16. The molecule has 1 amide bonds.